The molecule has 1 aliphatic rings. The van der Waals surface area contributed by atoms with Gasteiger partial charge in [-0.15, -0.1) is 0 Å². The Balaban J connectivity index is 2.02. The number of nitrogens with zero attached hydrogens (tertiary/aromatic N) is 1. The number of methoxy groups -OCH3 is 2. The van der Waals surface area contributed by atoms with Crippen LogP contribution in [-0.4, -0.2) is 32.0 Å². The molecule has 1 heterocycles. The second-order valence-corrected chi connectivity index (χ2v) is 5.05. The summed E-state index contributed by atoms with van der Waals surface area (Å²) >= 11 is 0. The van der Waals surface area contributed by atoms with Crippen LogP contribution in [0, 0.1) is 5.92 Å². The SMILES string of the molecule is COc1ccc(CCN2C=C[C@@H](C)C(C=O)=C2)cc1OC. The van der Waals surface area contributed by atoms with Gasteiger partial charge in [0, 0.05) is 30.4 Å². The first-order valence-electron chi connectivity index (χ1n) is 6.99. The van der Waals surface area contributed by atoms with E-state index in [0.717, 1.165) is 36.3 Å². The molecule has 0 bridgehead atoms. The summed E-state index contributed by atoms with van der Waals surface area (Å²) in [5, 5.41) is 0. The van der Waals surface area contributed by atoms with Crippen molar-refractivity contribution >= 4 is 6.29 Å². The standard InChI is InChI=1S/C17H21NO3/c1-13-6-8-18(11-15(13)12-19)9-7-14-4-5-16(20-2)17(10-14)21-3/h4-6,8,10-13H,7,9H2,1-3H3/t13-/m1/s1. The molecule has 0 aromatic heterocycles. The van der Waals surface area contributed by atoms with Gasteiger partial charge in [-0.05, 0) is 24.1 Å². The van der Waals surface area contributed by atoms with Crippen LogP contribution in [0.3, 0.4) is 0 Å². The first-order chi connectivity index (χ1) is 10.2. The highest BCUT2D eigenvalue weighted by Crippen LogP contribution is 2.28. The van der Waals surface area contributed by atoms with Crippen LogP contribution in [0.5, 0.6) is 11.5 Å². The molecule has 0 N–H and O–H groups in total. The maximum absolute atomic E-state index is 11.0. The van der Waals surface area contributed by atoms with Crippen LogP contribution in [0.25, 0.3) is 0 Å². The van der Waals surface area contributed by atoms with Crippen LogP contribution >= 0.6 is 0 Å². The lowest BCUT2D eigenvalue weighted by Gasteiger charge is -2.23. The van der Waals surface area contributed by atoms with Crippen LogP contribution in [0.4, 0.5) is 0 Å². The number of rotatable bonds is 6. The Labute approximate surface area is 125 Å². The summed E-state index contributed by atoms with van der Waals surface area (Å²) in [6, 6.07) is 5.93. The van der Waals surface area contributed by atoms with Gasteiger partial charge in [0.15, 0.2) is 11.5 Å². The van der Waals surface area contributed by atoms with Crippen molar-refractivity contribution in [2.45, 2.75) is 13.3 Å². The number of aldehydes is 1. The molecule has 0 radical (unpaired) electrons. The van der Waals surface area contributed by atoms with Crippen LogP contribution in [0.1, 0.15) is 12.5 Å². The van der Waals surface area contributed by atoms with E-state index in [0.29, 0.717) is 0 Å². The smallest absolute Gasteiger partial charge is 0.160 e. The number of carbonyl (C=O) groups is 1. The fraction of sp³-hybridized carbons (Fsp3) is 0.353. The van der Waals surface area contributed by atoms with E-state index in [-0.39, 0.29) is 5.92 Å². The van der Waals surface area contributed by atoms with Crippen molar-refractivity contribution in [1.82, 2.24) is 4.90 Å². The van der Waals surface area contributed by atoms with E-state index in [4.69, 9.17) is 9.47 Å². The molecule has 112 valence electrons. The molecule has 0 spiro atoms. The van der Waals surface area contributed by atoms with Crippen LogP contribution in [-0.2, 0) is 11.2 Å². The predicted molar refractivity (Wildman–Crippen MR) is 82.4 cm³/mol. The first-order valence-corrected chi connectivity index (χ1v) is 6.99. The highest BCUT2D eigenvalue weighted by atomic mass is 16.5. The Morgan fingerprint density at radius 1 is 1.24 bits per heavy atom. The zero-order valence-corrected chi connectivity index (χ0v) is 12.7. The molecule has 0 saturated heterocycles. The summed E-state index contributed by atoms with van der Waals surface area (Å²) < 4.78 is 10.5. The van der Waals surface area contributed by atoms with Crippen LogP contribution in [0.2, 0.25) is 0 Å². The topological polar surface area (TPSA) is 38.8 Å². The molecule has 1 aromatic rings. The Kier molecular flexibility index (Phi) is 5.04. The van der Waals surface area contributed by atoms with Crippen molar-refractivity contribution in [3.05, 3.63) is 47.8 Å². The highest BCUT2D eigenvalue weighted by molar-refractivity contribution is 5.74. The number of carbonyl (C=O) groups excluding carboxylic acids is 1. The molecule has 1 aliphatic heterocycles. The largest absolute Gasteiger partial charge is 0.493 e. The van der Waals surface area contributed by atoms with Gasteiger partial charge in [-0.2, -0.15) is 0 Å². The molecule has 4 heteroatoms. The number of allylic oxidation sites excluding steroid dienone is 2. The van der Waals surface area contributed by atoms with Crippen molar-refractivity contribution in [2.24, 2.45) is 5.92 Å². The van der Waals surface area contributed by atoms with E-state index in [1.54, 1.807) is 14.2 Å². The van der Waals surface area contributed by atoms with E-state index in [1.165, 1.54) is 5.56 Å². The molecule has 0 unspecified atom stereocenters. The molecule has 0 fully saturated rings. The summed E-state index contributed by atoms with van der Waals surface area (Å²) in [7, 11) is 3.26. The maximum Gasteiger partial charge on any atom is 0.160 e. The summed E-state index contributed by atoms with van der Waals surface area (Å²) in [4.78, 5) is 13.0. The van der Waals surface area contributed by atoms with E-state index >= 15 is 0 Å². The number of ether oxygens (including phenoxy) is 2. The highest BCUT2D eigenvalue weighted by Gasteiger charge is 2.12. The molecular weight excluding hydrogens is 266 g/mol. The lowest BCUT2D eigenvalue weighted by molar-refractivity contribution is -0.105. The van der Waals surface area contributed by atoms with Gasteiger partial charge < -0.3 is 14.4 Å². The van der Waals surface area contributed by atoms with Crippen LogP contribution < -0.4 is 9.47 Å². The Hall–Kier alpha value is -2.23. The average Bonchev–Trinajstić information content (AvgIpc) is 2.53. The number of benzene rings is 1. The molecule has 4 nitrogen and oxygen atoms in total. The minimum atomic E-state index is 0.194. The van der Waals surface area contributed by atoms with Gasteiger partial charge in [-0.1, -0.05) is 19.1 Å². The van der Waals surface area contributed by atoms with Gasteiger partial charge in [0.05, 0.1) is 14.2 Å². The maximum atomic E-state index is 11.0. The molecule has 1 atom stereocenters. The first kappa shape index (κ1) is 15.2. The lowest BCUT2D eigenvalue weighted by Crippen LogP contribution is -2.19. The molecule has 2 rings (SSSR count). The summed E-state index contributed by atoms with van der Waals surface area (Å²) in [5.74, 6) is 1.66. The second-order valence-electron chi connectivity index (χ2n) is 5.05. The third-order valence-corrected chi connectivity index (χ3v) is 3.65. The molecular formula is C17H21NO3. The fourth-order valence-corrected chi connectivity index (χ4v) is 2.27. The number of hydrogen-bond acceptors (Lipinski definition) is 4. The molecule has 21 heavy (non-hydrogen) atoms. The minimum Gasteiger partial charge on any atom is -0.493 e. The third kappa shape index (κ3) is 3.66. The summed E-state index contributed by atoms with van der Waals surface area (Å²) in [6.07, 6.45) is 7.77. The van der Waals surface area contributed by atoms with Gasteiger partial charge in [0.2, 0.25) is 0 Å². The summed E-state index contributed by atoms with van der Waals surface area (Å²) in [5.41, 5.74) is 1.98. The minimum absolute atomic E-state index is 0.194. The van der Waals surface area contributed by atoms with E-state index in [2.05, 4.69) is 0 Å². The zero-order chi connectivity index (χ0) is 15.2. The van der Waals surface area contributed by atoms with Gasteiger partial charge >= 0.3 is 0 Å². The Bertz CT molecular complexity index is 563. The Morgan fingerprint density at radius 3 is 2.67 bits per heavy atom. The van der Waals surface area contributed by atoms with Gasteiger partial charge in [0.25, 0.3) is 0 Å². The fourth-order valence-electron chi connectivity index (χ4n) is 2.27. The van der Waals surface area contributed by atoms with Crippen molar-refractivity contribution in [3.8, 4) is 11.5 Å². The lowest BCUT2D eigenvalue weighted by atomic mass is 10.0. The van der Waals surface area contributed by atoms with Crippen molar-refractivity contribution in [3.63, 3.8) is 0 Å². The molecule has 0 saturated carbocycles. The quantitative estimate of drug-likeness (QED) is 0.754. The van der Waals surface area contributed by atoms with E-state index in [1.807, 2.05) is 48.5 Å². The van der Waals surface area contributed by atoms with Crippen molar-refractivity contribution in [2.75, 3.05) is 20.8 Å². The monoisotopic (exact) mass is 287 g/mol. The van der Waals surface area contributed by atoms with E-state index in [9.17, 15) is 4.79 Å². The number of hydrogen-bond donors (Lipinski definition) is 0. The normalized spacial score (nSPS) is 17.4. The predicted octanol–water partition coefficient (Wildman–Crippen LogP) is 2.79. The third-order valence-electron chi connectivity index (χ3n) is 3.65. The molecule has 0 aliphatic carbocycles. The van der Waals surface area contributed by atoms with Crippen molar-refractivity contribution in [1.29, 1.82) is 0 Å². The van der Waals surface area contributed by atoms with Crippen molar-refractivity contribution < 1.29 is 14.3 Å². The van der Waals surface area contributed by atoms with Gasteiger partial charge in [-0.25, -0.2) is 0 Å². The van der Waals surface area contributed by atoms with Gasteiger partial charge in [-0.3, -0.25) is 4.79 Å². The van der Waals surface area contributed by atoms with Gasteiger partial charge in [0.1, 0.15) is 6.29 Å². The molecule has 0 amide bonds. The zero-order valence-electron chi connectivity index (χ0n) is 12.7. The molecule has 1 aromatic carbocycles. The average molecular weight is 287 g/mol. The van der Waals surface area contributed by atoms with Crippen LogP contribution in [0.15, 0.2) is 42.2 Å². The second kappa shape index (κ2) is 6.97. The van der Waals surface area contributed by atoms with E-state index < -0.39 is 0 Å². The Morgan fingerprint density at radius 2 is 2.00 bits per heavy atom. The summed E-state index contributed by atoms with van der Waals surface area (Å²) in [6.45, 7) is 2.83.